The summed E-state index contributed by atoms with van der Waals surface area (Å²) in [5.74, 6) is 0.0610. The van der Waals surface area contributed by atoms with Crippen molar-refractivity contribution in [3.8, 4) is 0 Å². The van der Waals surface area contributed by atoms with Crippen LogP contribution in [0.3, 0.4) is 0 Å². The zero-order valence-corrected chi connectivity index (χ0v) is 12.3. The molecule has 17 heavy (non-hydrogen) atoms. The molecule has 0 unspecified atom stereocenters. The highest BCUT2D eigenvalue weighted by atomic mass is 16.6. The maximum absolute atomic E-state index is 11.4. The number of Topliss-reactive ketones (excluding diaryl/α,β-unsaturated/α-hetero) is 1. The third-order valence-electron chi connectivity index (χ3n) is 1.65. The fourth-order valence-corrected chi connectivity index (χ4v) is 1.03. The SMILES string of the molecule is CC.CCCC(=O)CN(C)C(=O)OC(C)(C)C. The third kappa shape index (κ3) is 11.2. The smallest absolute Gasteiger partial charge is 0.410 e. The highest BCUT2D eigenvalue weighted by Gasteiger charge is 2.20. The Kier molecular flexibility index (Phi) is 9.72. The number of amides is 1. The number of likely N-dealkylation sites (N-methyl/N-ethyl adjacent to an activating group) is 1. The van der Waals surface area contributed by atoms with Gasteiger partial charge in [-0.1, -0.05) is 20.8 Å². The molecule has 0 saturated heterocycles. The summed E-state index contributed by atoms with van der Waals surface area (Å²) < 4.78 is 5.11. The van der Waals surface area contributed by atoms with E-state index in [0.717, 1.165) is 6.42 Å². The fourth-order valence-electron chi connectivity index (χ4n) is 1.03. The lowest BCUT2D eigenvalue weighted by Gasteiger charge is -2.24. The van der Waals surface area contributed by atoms with Crippen LogP contribution in [0.2, 0.25) is 0 Å². The van der Waals surface area contributed by atoms with Gasteiger partial charge in [0, 0.05) is 13.5 Å². The monoisotopic (exact) mass is 245 g/mol. The molecule has 0 aliphatic carbocycles. The molecule has 0 aromatic rings. The summed E-state index contributed by atoms with van der Waals surface area (Å²) >= 11 is 0. The minimum atomic E-state index is -0.515. The second-order valence-corrected chi connectivity index (χ2v) is 4.63. The minimum absolute atomic E-state index is 0.0610. The maximum atomic E-state index is 11.4. The van der Waals surface area contributed by atoms with Crippen molar-refractivity contribution in [1.82, 2.24) is 4.90 Å². The molecule has 4 heteroatoms. The second-order valence-electron chi connectivity index (χ2n) is 4.63. The van der Waals surface area contributed by atoms with Crippen molar-refractivity contribution in [2.45, 2.75) is 60.0 Å². The van der Waals surface area contributed by atoms with Crippen LogP contribution in [-0.2, 0) is 9.53 Å². The summed E-state index contributed by atoms with van der Waals surface area (Å²) in [4.78, 5) is 24.0. The van der Waals surface area contributed by atoms with Crippen LogP contribution in [0.5, 0.6) is 0 Å². The molecule has 0 radical (unpaired) electrons. The molecule has 0 saturated carbocycles. The van der Waals surface area contributed by atoms with Gasteiger partial charge >= 0.3 is 6.09 Å². The second kappa shape index (κ2) is 9.02. The topological polar surface area (TPSA) is 46.6 Å². The molecule has 0 heterocycles. The molecule has 1 amide bonds. The van der Waals surface area contributed by atoms with E-state index in [1.54, 1.807) is 27.8 Å². The predicted octanol–water partition coefficient (Wildman–Crippen LogP) is 3.25. The fraction of sp³-hybridized carbons (Fsp3) is 0.846. The van der Waals surface area contributed by atoms with E-state index < -0.39 is 11.7 Å². The molecule has 0 N–H and O–H groups in total. The number of ether oxygens (including phenoxy) is 1. The van der Waals surface area contributed by atoms with Gasteiger partial charge in [-0.25, -0.2) is 4.79 Å². The maximum Gasteiger partial charge on any atom is 0.410 e. The Morgan fingerprint density at radius 2 is 1.65 bits per heavy atom. The van der Waals surface area contributed by atoms with Gasteiger partial charge in [0.15, 0.2) is 5.78 Å². The van der Waals surface area contributed by atoms with Crippen LogP contribution in [0.15, 0.2) is 0 Å². The Morgan fingerprint density at radius 1 is 1.18 bits per heavy atom. The molecule has 0 spiro atoms. The molecular formula is C13H27NO3. The van der Waals surface area contributed by atoms with Crippen molar-refractivity contribution in [2.75, 3.05) is 13.6 Å². The Labute approximate surface area is 105 Å². The normalized spacial score (nSPS) is 10.1. The largest absolute Gasteiger partial charge is 0.444 e. The molecule has 0 rings (SSSR count). The van der Waals surface area contributed by atoms with Gasteiger partial charge in [-0.3, -0.25) is 4.79 Å². The third-order valence-corrected chi connectivity index (χ3v) is 1.65. The Morgan fingerprint density at radius 3 is 2.00 bits per heavy atom. The number of nitrogens with zero attached hydrogens (tertiary/aromatic N) is 1. The standard InChI is InChI=1S/C11H21NO3.C2H6/c1-6-7-9(13)8-12(5)10(14)15-11(2,3)4;1-2/h6-8H2,1-5H3;1-2H3. The summed E-state index contributed by atoms with van der Waals surface area (Å²) in [5.41, 5.74) is -0.515. The molecule has 0 bridgehead atoms. The Balaban J connectivity index is 0. The number of hydrogen-bond donors (Lipinski definition) is 0. The van der Waals surface area contributed by atoms with Crippen molar-refractivity contribution in [3.05, 3.63) is 0 Å². The average Bonchev–Trinajstić information content (AvgIpc) is 2.18. The summed E-state index contributed by atoms with van der Waals surface area (Å²) in [5, 5.41) is 0. The predicted molar refractivity (Wildman–Crippen MR) is 70.1 cm³/mol. The van der Waals surface area contributed by atoms with Crippen LogP contribution >= 0.6 is 0 Å². The van der Waals surface area contributed by atoms with Crippen LogP contribution < -0.4 is 0 Å². The van der Waals surface area contributed by atoms with Gasteiger partial charge < -0.3 is 9.64 Å². The summed E-state index contributed by atoms with van der Waals surface area (Å²) in [7, 11) is 1.57. The first-order chi connectivity index (χ1) is 7.76. The first-order valence-electron chi connectivity index (χ1n) is 6.22. The van der Waals surface area contributed by atoms with Crippen molar-refractivity contribution in [2.24, 2.45) is 0 Å². The molecule has 102 valence electrons. The van der Waals surface area contributed by atoms with Crippen LogP contribution in [0, 0.1) is 0 Å². The summed E-state index contributed by atoms with van der Waals surface area (Å²) in [6.07, 6.45) is 0.862. The van der Waals surface area contributed by atoms with Gasteiger partial charge in [-0.15, -0.1) is 0 Å². The van der Waals surface area contributed by atoms with E-state index in [-0.39, 0.29) is 12.3 Å². The molecule has 0 fully saturated rings. The molecule has 0 aliphatic heterocycles. The summed E-state index contributed by atoms with van der Waals surface area (Å²) in [6, 6.07) is 0. The van der Waals surface area contributed by atoms with Crippen LogP contribution in [0.25, 0.3) is 0 Å². The van der Waals surface area contributed by atoms with Crippen molar-refractivity contribution >= 4 is 11.9 Å². The lowest BCUT2D eigenvalue weighted by atomic mass is 10.2. The van der Waals surface area contributed by atoms with Crippen molar-refractivity contribution in [3.63, 3.8) is 0 Å². The van der Waals surface area contributed by atoms with E-state index in [1.807, 2.05) is 20.8 Å². The molecular weight excluding hydrogens is 218 g/mol. The highest BCUT2D eigenvalue weighted by molar-refractivity contribution is 5.83. The lowest BCUT2D eigenvalue weighted by Crippen LogP contribution is -2.37. The summed E-state index contributed by atoms with van der Waals surface area (Å²) in [6.45, 7) is 11.5. The quantitative estimate of drug-likeness (QED) is 0.763. The molecule has 0 atom stereocenters. The van der Waals surface area contributed by atoms with Crippen molar-refractivity contribution in [1.29, 1.82) is 0 Å². The van der Waals surface area contributed by atoms with Gasteiger partial charge in [-0.2, -0.15) is 0 Å². The molecule has 0 aromatic heterocycles. The Bertz CT molecular complexity index is 231. The van der Waals surface area contributed by atoms with Gasteiger partial charge in [0.25, 0.3) is 0 Å². The first-order valence-corrected chi connectivity index (χ1v) is 6.22. The first kappa shape index (κ1) is 18.3. The van der Waals surface area contributed by atoms with Crippen LogP contribution in [0.4, 0.5) is 4.79 Å². The van der Waals surface area contributed by atoms with E-state index in [2.05, 4.69) is 0 Å². The van der Waals surface area contributed by atoms with E-state index in [0.29, 0.717) is 6.42 Å². The molecule has 0 aliphatic rings. The van der Waals surface area contributed by atoms with Gasteiger partial charge in [0.05, 0.1) is 6.54 Å². The molecule has 0 aromatic carbocycles. The number of carbonyl (C=O) groups excluding carboxylic acids is 2. The van der Waals surface area contributed by atoms with Crippen molar-refractivity contribution < 1.29 is 14.3 Å². The number of hydrogen-bond acceptors (Lipinski definition) is 3. The van der Waals surface area contributed by atoms with E-state index in [4.69, 9.17) is 4.74 Å². The molecule has 4 nitrogen and oxygen atoms in total. The zero-order valence-electron chi connectivity index (χ0n) is 12.3. The number of rotatable bonds is 4. The number of carbonyl (C=O) groups is 2. The van der Waals surface area contributed by atoms with E-state index in [9.17, 15) is 9.59 Å². The van der Waals surface area contributed by atoms with Gasteiger partial charge in [-0.05, 0) is 27.2 Å². The minimum Gasteiger partial charge on any atom is -0.444 e. The lowest BCUT2D eigenvalue weighted by molar-refractivity contribution is -0.120. The van der Waals surface area contributed by atoms with E-state index >= 15 is 0 Å². The van der Waals surface area contributed by atoms with Crippen LogP contribution in [-0.4, -0.2) is 36.0 Å². The van der Waals surface area contributed by atoms with Gasteiger partial charge in [0.1, 0.15) is 5.60 Å². The number of ketones is 1. The average molecular weight is 245 g/mol. The van der Waals surface area contributed by atoms with E-state index in [1.165, 1.54) is 4.90 Å². The highest BCUT2D eigenvalue weighted by Crippen LogP contribution is 2.09. The zero-order chi connectivity index (χ0) is 14.1. The van der Waals surface area contributed by atoms with Gasteiger partial charge in [0.2, 0.25) is 0 Å². The Hall–Kier alpha value is -1.06. The van der Waals surface area contributed by atoms with Crippen LogP contribution in [0.1, 0.15) is 54.4 Å².